The topological polar surface area (TPSA) is 47.8 Å². The lowest BCUT2D eigenvalue weighted by Crippen LogP contribution is -2.21. The van der Waals surface area contributed by atoms with Crippen LogP contribution >= 0.6 is 0 Å². The predicted octanol–water partition coefficient (Wildman–Crippen LogP) is 2.29. The molecule has 0 N–H and O–H groups in total. The van der Waals surface area contributed by atoms with Gasteiger partial charge in [-0.3, -0.25) is 14.3 Å². The highest BCUT2D eigenvalue weighted by molar-refractivity contribution is 5.78. The van der Waals surface area contributed by atoms with Crippen LogP contribution in [0.25, 0.3) is 10.9 Å². The third-order valence-corrected chi connectivity index (χ3v) is 3.16. The number of hydrogen-bond donors (Lipinski definition) is 0. The van der Waals surface area contributed by atoms with Crippen LogP contribution in [0.15, 0.2) is 47.7 Å². The SMILES string of the molecule is Cc1cc2c(=O)n(Cc3ccccn3)cnc2cc1F. The van der Waals surface area contributed by atoms with Crippen LogP contribution in [0.4, 0.5) is 4.39 Å². The van der Waals surface area contributed by atoms with Crippen molar-refractivity contribution < 1.29 is 4.39 Å². The van der Waals surface area contributed by atoms with Gasteiger partial charge in [-0.15, -0.1) is 0 Å². The summed E-state index contributed by atoms with van der Waals surface area (Å²) in [6, 6.07) is 8.34. The first-order chi connectivity index (χ1) is 9.65. The molecule has 3 rings (SSSR count). The summed E-state index contributed by atoms with van der Waals surface area (Å²) < 4.78 is 14.9. The fraction of sp³-hybridized carbons (Fsp3) is 0.133. The Balaban J connectivity index is 2.12. The molecule has 0 aliphatic heterocycles. The first-order valence-electron chi connectivity index (χ1n) is 6.20. The Morgan fingerprint density at radius 2 is 2.10 bits per heavy atom. The number of benzene rings is 1. The third kappa shape index (κ3) is 2.18. The zero-order chi connectivity index (χ0) is 14.1. The Labute approximate surface area is 114 Å². The van der Waals surface area contributed by atoms with Gasteiger partial charge in [0, 0.05) is 12.3 Å². The van der Waals surface area contributed by atoms with Crippen LogP contribution in [0.2, 0.25) is 0 Å². The molecule has 4 nitrogen and oxygen atoms in total. The van der Waals surface area contributed by atoms with Gasteiger partial charge >= 0.3 is 0 Å². The van der Waals surface area contributed by atoms with Crippen molar-refractivity contribution in [1.82, 2.24) is 14.5 Å². The molecule has 0 amide bonds. The lowest BCUT2D eigenvalue weighted by molar-refractivity contribution is 0.619. The van der Waals surface area contributed by atoms with Gasteiger partial charge in [0.2, 0.25) is 0 Å². The van der Waals surface area contributed by atoms with Gasteiger partial charge < -0.3 is 0 Å². The van der Waals surface area contributed by atoms with E-state index in [1.807, 2.05) is 18.2 Å². The Kier molecular flexibility index (Phi) is 3.02. The molecule has 0 aliphatic carbocycles. The fourth-order valence-electron chi connectivity index (χ4n) is 2.07. The minimum absolute atomic E-state index is 0.191. The van der Waals surface area contributed by atoms with Gasteiger partial charge in [-0.05, 0) is 30.7 Å². The summed E-state index contributed by atoms with van der Waals surface area (Å²) in [6.45, 7) is 1.98. The van der Waals surface area contributed by atoms with Crippen molar-refractivity contribution in [3.05, 3.63) is 70.3 Å². The molecule has 2 heterocycles. The molecule has 5 heteroatoms. The van der Waals surface area contributed by atoms with Crippen molar-refractivity contribution in [1.29, 1.82) is 0 Å². The molecule has 100 valence electrons. The Bertz CT molecular complexity index is 828. The maximum Gasteiger partial charge on any atom is 0.261 e. The molecule has 0 bridgehead atoms. The minimum Gasteiger partial charge on any atom is -0.293 e. The van der Waals surface area contributed by atoms with Crippen LogP contribution in [-0.4, -0.2) is 14.5 Å². The number of rotatable bonds is 2. The van der Waals surface area contributed by atoms with E-state index in [2.05, 4.69) is 9.97 Å². The van der Waals surface area contributed by atoms with E-state index in [-0.39, 0.29) is 11.4 Å². The second kappa shape index (κ2) is 4.85. The quantitative estimate of drug-likeness (QED) is 0.717. The van der Waals surface area contributed by atoms with E-state index in [4.69, 9.17) is 0 Å². The Hall–Kier alpha value is -2.56. The summed E-state index contributed by atoms with van der Waals surface area (Å²) in [5.41, 5.74) is 1.39. The molecule has 0 unspecified atom stereocenters. The van der Waals surface area contributed by atoms with Gasteiger partial charge in [0.15, 0.2) is 0 Å². The zero-order valence-electron chi connectivity index (χ0n) is 10.9. The summed E-state index contributed by atoms with van der Waals surface area (Å²) >= 11 is 0. The minimum atomic E-state index is -0.355. The average Bonchev–Trinajstić information content (AvgIpc) is 2.46. The fourth-order valence-corrected chi connectivity index (χ4v) is 2.07. The molecule has 0 aliphatic rings. The standard InChI is InChI=1S/C15H12FN3O/c1-10-6-12-14(7-13(10)16)18-9-19(15(12)20)8-11-4-2-3-5-17-11/h2-7,9H,8H2,1H3. The zero-order valence-corrected chi connectivity index (χ0v) is 10.9. The average molecular weight is 269 g/mol. The first-order valence-corrected chi connectivity index (χ1v) is 6.20. The highest BCUT2D eigenvalue weighted by Gasteiger charge is 2.08. The molecule has 0 saturated heterocycles. The molecule has 0 saturated carbocycles. The summed E-state index contributed by atoms with van der Waals surface area (Å²) in [5.74, 6) is -0.355. The number of halogens is 1. The van der Waals surface area contributed by atoms with Crippen LogP contribution in [0.3, 0.4) is 0 Å². The van der Waals surface area contributed by atoms with Crippen molar-refractivity contribution in [2.45, 2.75) is 13.5 Å². The molecule has 0 fully saturated rings. The predicted molar refractivity (Wildman–Crippen MR) is 74.0 cm³/mol. The number of aryl methyl sites for hydroxylation is 1. The third-order valence-electron chi connectivity index (χ3n) is 3.16. The highest BCUT2D eigenvalue weighted by atomic mass is 19.1. The normalized spacial score (nSPS) is 10.9. The van der Waals surface area contributed by atoms with E-state index >= 15 is 0 Å². The van der Waals surface area contributed by atoms with Gasteiger partial charge in [-0.2, -0.15) is 0 Å². The van der Waals surface area contributed by atoms with Crippen LogP contribution in [-0.2, 0) is 6.54 Å². The van der Waals surface area contributed by atoms with Gasteiger partial charge in [-0.1, -0.05) is 6.07 Å². The van der Waals surface area contributed by atoms with E-state index in [0.717, 1.165) is 5.69 Å². The molecule has 2 aromatic heterocycles. The largest absolute Gasteiger partial charge is 0.293 e. The number of pyridine rings is 1. The number of aromatic nitrogens is 3. The van der Waals surface area contributed by atoms with Gasteiger partial charge in [-0.25, -0.2) is 9.37 Å². The maximum absolute atomic E-state index is 13.5. The summed E-state index contributed by atoms with van der Waals surface area (Å²) in [6.07, 6.45) is 3.10. The van der Waals surface area contributed by atoms with Crippen molar-refractivity contribution in [2.75, 3.05) is 0 Å². The summed E-state index contributed by atoms with van der Waals surface area (Å²) in [5, 5.41) is 0.419. The Morgan fingerprint density at radius 3 is 2.85 bits per heavy atom. The Morgan fingerprint density at radius 1 is 1.25 bits per heavy atom. The molecule has 0 radical (unpaired) electrons. The number of fused-ring (bicyclic) bond motifs is 1. The molecule has 20 heavy (non-hydrogen) atoms. The van der Waals surface area contributed by atoms with Gasteiger partial charge in [0.25, 0.3) is 5.56 Å². The molecule has 1 aromatic carbocycles. The molecular weight excluding hydrogens is 257 g/mol. The maximum atomic E-state index is 13.5. The van der Waals surface area contributed by atoms with Gasteiger partial charge in [0.05, 0.1) is 29.5 Å². The lowest BCUT2D eigenvalue weighted by Gasteiger charge is -2.07. The van der Waals surface area contributed by atoms with E-state index in [9.17, 15) is 9.18 Å². The van der Waals surface area contributed by atoms with Crippen molar-refractivity contribution >= 4 is 10.9 Å². The van der Waals surface area contributed by atoms with Crippen LogP contribution in [0, 0.1) is 12.7 Å². The monoisotopic (exact) mass is 269 g/mol. The molecular formula is C15H12FN3O. The first kappa shape index (κ1) is 12.5. The lowest BCUT2D eigenvalue weighted by atomic mass is 10.1. The van der Waals surface area contributed by atoms with Gasteiger partial charge in [0.1, 0.15) is 5.82 Å². The summed E-state index contributed by atoms with van der Waals surface area (Å²) in [4.78, 5) is 20.7. The van der Waals surface area contributed by atoms with E-state index in [1.54, 1.807) is 13.1 Å². The van der Waals surface area contributed by atoms with E-state index in [0.29, 0.717) is 23.0 Å². The van der Waals surface area contributed by atoms with E-state index in [1.165, 1.54) is 23.0 Å². The smallest absolute Gasteiger partial charge is 0.261 e. The van der Waals surface area contributed by atoms with Crippen molar-refractivity contribution in [3.8, 4) is 0 Å². The van der Waals surface area contributed by atoms with Crippen LogP contribution in [0.5, 0.6) is 0 Å². The second-order valence-electron chi connectivity index (χ2n) is 4.62. The number of hydrogen-bond acceptors (Lipinski definition) is 3. The molecule has 0 atom stereocenters. The van der Waals surface area contributed by atoms with Crippen molar-refractivity contribution in [3.63, 3.8) is 0 Å². The summed E-state index contributed by atoms with van der Waals surface area (Å²) in [7, 11) is 0. The van der Waals surface area contributed by atoms with E-state index < -0.39 is 0 Å². The van der Waals surface area contributed by atoms with Crippen LogP contribution < -0.4 is 5.56 Å². The second-order valence-corrected chi connectivity index (χ2v) is 4.62. The van der Waals surface area contributed by atoms with Crippen molar-refractivity contribution in [2.24, 2.45) is 0 Å². The van der Waals surface area contributed by atoms with Crippen LogP contribution in [0.1, 0.15) is 11.3 Å². The highest BCUT2D eigenvalue weighted by Crippen LogP contribution is 2.13. The number of nitrogens with zero attached hydrogens (tertiary/aromatic N) is 3. The molecule has 0 spiro atoms. The molecule has 3 aromatic rings.